The van der Waals surface area contributed by atoms with Gasteiger partial charge in [-0.2, -0.15) is 0 Å². The molecule has 1 saturated heterocycles. The van der Waals surface area contributed by atoms with Gasteiger partial charge >= 0.3 is 5.97 Å². The average molecular weight is 277 g/mol. The Morgan fingerprint density at radius 1 is 1.35 bits per heavy atom. The fourth-order valence-corrected chi connectivity index (χ4v) is 2.60. The Bertz CT molecular complexity index is 488. The molecule has 108 valence electrons. The molecule has 1 unspecified atom stereocenters. The Labute approximate surface area is 118 Å². The molecular formula is C15H19NO4. The Hall–Kier alpha value is -1.88. The van der Waals surface area contributed by atoms with Crippen molar-refractivity contribution in [1.29, 1.82) is 0 Å². The van der Waals surface area contributed by atoms with Crippen LogP contribution in [0.5, 0.6) is 0 Å². The Kier molecular flexibility index (Phi) is 4.39. The van der Waals surface area contributed by atoms with Crippen molar-refractivity contribution in [3.8, 4) is 0 Å². The SMILES string of the molecule is COCC1(C(=O)O)CCN(C(=O)Cc2ccccc2)C1. The second kappa shape index (κ2) is 6.05. The Morgan fingerprint density at radius 3 is 2.65 bits per heavy atom. The summed E-state index contributed by atoms with van der Waals surface area (Å²) >= 11 is 0. The van der Waals surface area contributed by atoms with Crippen LogP contribution in [0.25, 0.3) is 0 Å². The first-order valence-electron chi connectivity index (χ1n) is 6.61. The highest BCUT2D eigenvalue weighted by molar-refractivity contribution is 5.82. The lowest BCUT2D eigenvalue weighted by atomic mass is 9.88. The standard InChI is InChI=1S/C15H19NO4/c1-20-11-15(14(18)19)7-8-16(10-15)13(17)9-12-5-3-2-4-6-12/h2-6H,7-11H2,1H3,(H,18,19). The third kappa shape index (κ3) is 2.99. The molecule has 5 nitrogen and oxygen atoms in total. The van der Waals surface area contributed by atoms with Gasteiger partial charge in [-0.1, -0.05) is 30.3 Å². The molecule has 5 heteroatoms. The molecule has 1 heterocycles. The smallest absolute Gasteiger partial charge is 0.313 e. The average Bonchev–Trinajstić information content (AvgIpc) is 2.86. The fraction of sp³-hybridized carbons (Fsp3) is 0.467. The number of rotatable bonds is 5. The number of hydrogen-bond donors (Lipinski definition) is 1. The number of ether oxygens (including phenoxy) is 1. The van der Waals surface area contributed by atoms with Gasteiger partial charge in [-0.15, -0.1) is 0 Å². The predicted molar refractivity (Wildman–Crippen MR) is 73.3 cm³/mol. The summed E-state index contributed by atoms with van der Waals surface area (Å²) in [6, 6.07) is 9.47. The number of methoxy groups -OCH3 is 1. The van der Waals surface area contributed by atoms with E-state index in [1.807, 2.05) is 30.3 Å². The number of carboxylic acid groups (broad SMARTS) is 1. The number of likely N-dealkylation sites (tertiary alicyclic amines) is 1. The zero-order chi connectivity index (χ0) is 14.6. The second-order valence-corrected chi connectivity index (χ2v) is 5.25. The molecule has 1 amide bonds. The van der Waals surface area contributed by atoms with Gasteiger partial charge in [-0.05, 0) is 12.0 Å². The molecule has 0 saturated carbocycles. The van der Waals surface area contributed by atoms with Crippen LogP contribution in [0.2, 0.25) is 0 Å². The number of aliphatic carboxylic acids is 1. The first-order chi connectivity index (χ1) is 9.57. The molecule has 0 aliphatic carbocycles. The molecule has 2 rings (SSSR count). The van der Waals surface area contributed by atoms with Crippen molar-refractivity contribution in [2.24, 2.45) is 5.41 Å². The van der Waals surface area contributed by atoms with Crippen LogP contribution >= 0.6 is 0 Å². The van der Waals surface area contributed by atoms with E-state index in [4.69, 9.17) is 4.74 Å². The number of carboxylic acids is 1. The molecule has 0 radical (unpaired) electrons. The lowest BCUT2D eigenvalue weighted by Crippen LogP contribution is -2.40. The molecule has 1 aliphatic heterocycles. The topological polar surface area (TPSA) is 66.8 Å². The highest BCUT2D eigenvalue weighted by Gasteiger charge is 2.46. The highest BCUT2D eigenvalue weighted by Crippen LogP contribution is 2.31. The van der Waals surface area contributed by atoms with E-state index in [0.717, 1.165) is 5.56 Å². The van der Waals surface area contributed by atoms with Gasteiger partial charge in [-0.25, -0.2) is 0 Å². The van der Waals surface area contributed by atoms with Crippen molar-refractivity contribution < 1.29 is 19.4 Å². The van der Waals surface area contributed by atoms with E-state index in [9.17, 15) is 14.7 Å². The number of carbonyl (C=O) groups excluding carboxylic acids is 1. The minimum atomic E-state index is -0.957. The zero-order valence-electron chi connectivity index (χ0n) is 11.5. The highest BCUT2D eigenvalue weighted by atomic mass is 16.5. The van der Waals surface area contributed by atoms with Crippen LogP contribution in [0.3, 0.4) is 0 Å². The second-order valence-electron chi connectivity index (χ2n) is 5.25. The number of hydrogen-bond acceptors (Lipinski definition) is 3. The van der Waals surface area contributed by atoms with Crippen molar-refractivity contribution >= 4 is 11.9 Å². The van der Waals surface area contributed by atoms with Crippen LogP contribution in [-0.4, -0.2) is 48.7 Å². The van der Waals surface area contributed by atoms with E-state index in [0.29, 0.717) is 19.4 Å². The predicted octanol–water partition coefficient (Wildman–Crippen LogP) is 1.18. The van der Waals surface area contributed by atoms with E-state index in [-0.39, 0.29) is 19.1 Å². The van der Waals surface area contributed by atoms with Crippen molar-refractivity contribution in [2.75, 3.05) is 26.8 Å². The lowest BCUT2D eigenvalue weighted by Gasteiger charge is -2.23. The van der Waals surface area contributed by atoms with E-state index >= 15 is 0 Å². The molecule has 1 aromatic carbocycles. The van der Waals surface area contributed by atoms with Crippen LogP contribution in [0.4, 0.5) is 0 Å². The summed E-state index contributed by atoms with van der Waals surface area (Å²) in [5.41, 5.74) is -0.0155. The maximum atomic E-state index is 12.2. The summed E-state index contributed by atoms with van der Waals surface area (Å²) in [5.74, 6) is -0.926. The summed E-state index contributed by atoms with van der Waals surface area (Å²) in [6.07, 6.45) is 0.750. The molecule has 1 atom stereocenters. The number of nitrogens with zero attached hydrogens (tertiary/aromatic N) is 1. The van der Waals surface area contributed by atoms with Crippen molar-refractivity contribution in [3.05, 3.63) is 35.9 Å². The van der Waals surface area contributed by atoms with E-state index in [1.54, 1.807) is 4.90 Å². The summed E-state index contributed by atoms with van der Waals surface area (Å²) in [7, 11) is 1.49. The van der Waals surface area contributed by atoms with E-state index in [1.165, 1.54) is 7.11 Å². The molecule has 1 aliphatic rings. The first kappa shape index (κ1) is 14.5. The van der Waals surface area contributed by atoms with Crippen molar-refractivity contribution in [2.45, 2.75) is 12.8 Å². The maximum Gasteiger partial charge on any atom is 0.313 e. The molecule has 1 N–H and O–H groups in total. The van der Waals surface area contributed by atoms with Gasteiger partial charge in [0.15, 0.2) is 0 Å². The minimum Gasteiger partial charge on any atom is -0.481 e. The van der Waals surface area contributed by atoms with Crippen molar-refractivity contribution in [3.63, 3.8) is 0 Å². The van der Waals surface area contributed by atoms with Gasteiger partial charge in [0.1, 0.15) is 5.41 Å². The molecule has 20 heavy (non-hydrogen) atoms. The summed E-state index contributed by atoms with van der Waals surface area (Å²) < 4.78 is 5.02. The van der Waals surface area contributed by atoms with Crippen LogP contribution in [0.1, 0.15) is 12.0 Å². The van der Waals surface area contributed by atoms with Crippen molar-refractivity contribution in [1.82, 2.24) is 4.90 Å². The fourth-order valence-electron chi connectivity index (χ4n) is 2.60. The number of amides is 1. The van der Waals surface area contributed by atoms with Crippen LogP contribution < -0.4 is 0 Å². The summed E-state index contributed by atoms with van der Waals surface area (Å²) in [5, 5.41) is 9.37. The maximum absolute atomic E-state index is 12.2. The monoisotopic (exact) mass is 277 g/mol. The van der Waals surface area contributed by atoms with E-state index in [2.05, 4.69) is 0 Å². The van der Waals surface area contributed by atoms with Gasteiger partial charge < -0.3 is 14.7 Å². The molecule has 1 fully saturated rings. The summed E-state index contributed by atoms with van der Waals surface area (Å²) in [6.45, 7) is 0.834. The number of benzene rings is 1. The molecular weight excluding hydrogens is 258 g/mol. The number of carbonyl (C=O) groups is 2. The normalized spacial score (nSPS) is 21.9. The van der Waals surface area contributed by atoms with Gasteiger partial charge in [-0.3, -0.25) is 9.59 Å². The first-order valence-corrected chi connectivity index (χ1v) is 6.61. The van der Waals surface area contributed by atoms with Gasteiger partial charge in [0.25, 0.3) is 0 Å². The van der Waals surface area contributed by atoms with Gasteiger partial charge in [0.2, 0.25) is 5.91 Å². The quantitative estimate of drug-likeness (QED) is 0.877. The lowest BCUT2D eigenvalue weighted by molar-refractivity contribution is -0.151. The van der Waals surface area contributed by atoms with Gasteiger partial charge in [0, 0.05) is 20.2 Å². The Balaban J connectivity index is 2.01. The van der Waals surface area contributed by atoms with E-state index < -0.39 is 11.4 Å². The molecule has 1 aromatic rings. The van der Waals surface area contributed by atoms with Crippen LogP contribution in [0, 0.1) is 5.41 Å². The molecule has 0 bridgehead atoms. The van der Waals surface area contributed by atoms with Crippen LogP contribution in [0.15, 0.2) is 30.3 Å². The zero-order valence-corrected chi connectivity index (χ0v) is 11.5. The molecule has 0 aromatic heterocycles. The minimum absolute atomic E-state index is 0.0320. The Morgan fingerprint density at radius 2 is 2.05 bits per heavy atom. The molecule has 0 spiro atoms. The third-order valence-corrected chi connectivity index (χ3v) is 3.78. The summed E-state index contributed by atoms with van der Waals surface area (Å²) in [4.78, 5) is 25.3. The third-order valence-electron chi connectivity index (χ3n) is 3.78. The van der Waals surface area contributed by atoms with Crippen LogP contribution in [-0.2, 0) is 20.7 Å². The largest absolute Gasteiger partial charge is 0.481 e. The van der Waals surface area contributed by atoms with Gasteiger partial charge in [0.05, 0.1) is 13.0 Å².